The van der Waals surface area contributed by atoms with Crippen molar-refractivity contribution in [3.63, 3.8) is 0 Å². The van der Waals surface area contributed by atoms with Gasteiger partial charge in [-0.15, -0.1) is 0 Å². The molecular weight excluding hydrogens is 328 g/mol. The Bertz CT molecular complexity index is 786. The molecule has 0 aliphatic carbocycles. The van der Waals surface area contributed by atoms with Crippen LogP contribution < -0.4 is 15.4 Å². The molecule has 1 aliphatic heterocycles. The van der Waals surface area contributed by atoms with E-state index in [0.717, 1.165) is 17.3 Å². The summed E-state index contributed by atoms with van der Waals surface area (Å²) in [6, 6.07) is 2.77. The highest BCUT2D eigenvalue weighted by Gasteiger charge is 2.30. The van der Waals surface area contributed by atoms with E-state index in [9.17, 15) is 13.6 Å². The summed E-state index contributed by atoms with van der Waals surface area (Å²) in [4.78, 5) is 16.4. The summed E-state index contributed by atoms with van der Waals surface area (Å²) < 4.78 is 32.0. The smallest absolute Gasteiger partial charge is 0.247 e. The Hall–Kier alpha value is -2.41. The fourth-order valence-corrected chi connectivity index (χ4v) is 2.58. The fourth-order valence-electron chi connectivity index (χ4n) is 2.42. The summed E-state index contributed by atoms with van der Waals surface area (Å²) in [5.74, 6) is -1.81. The molecule has 0 fully saturated rings. The van der Waals surface area contributed by atoms with Crippen LogP contribution in [0, 0.1) is 11.6 Å². The van der Waals surface area contributed by atoms with Crippen LogP contribution in [0.1, 0.15) is 5.56 Å². The van der Waals surface area contributed by atoms with Gasteiger partial charge in [-0.2, -0.15) is 0 Å². The van der Waals surface area contributed by atoms with Crippen LogP contribution in [-0.2, 0) is 11.2 Å². The van der Waals surface area contributed by atoms with Gasteiger partial charge in [0.25, 0.3) is 0 Å². The van der Waals surface area contributed by atoms with Gasteiger partial charge in [-0.25, -0.2) is 13.8 Å². The number of rotatable bonds is 3. The fraction of sp³-hybridized carbons (Fsp3) is 0.200. The van der Waals surface area contributed by atoms with Crippen LogP contribution in [-0.4, -0.2) is 24.0 Å². The Kier molecular flexibility index (Phi) is 4.04. The Morgan fingerprint density at radius 3 is 2.96 bits per heavy atom. The summed E-state index contributed by atoms with van der Waals surface area (Å²) in [6.07, 6.45) is 1.90. The lowest BCUT2D eigenvalue weighted by Gasteiger charge is -2.13. The van der Waals surface area contributed by atoms with Crippen molar-refractivity contribution in [2.24, 2.45) is 0 Å². The third kappa shape index (κ3) is 2.92. The summed E-state index contributed by atoms with van der Waals surface area (Å²) in [5.41, 5.74) is 1.33. The molecule has 1 unspecified atom stereocenters. The zero-order valence-electron chi connectivity index (χ0n) is 12.0. The molecule has 0 radical (unpaired) electrons. The number of methoxy groups -OCH3 is 1. The van der Waals surface area contributed by atoms with E-state index in [2.05, 4.69) is 15.6 Å². The maximum atomic E-state index is 13.7. The topological polar surface area (TPSA) is 63.2 Å². The average Bonchev–Trinajstić information content (AvgIpc) is 2.96. The Labute approximate surface area is 135 Å². The van der Waals surface area contributed by atoms with Crippen molar-refractivity contribution in [3.05, 3.63) is 46.6 Å². The van der Waals surface area contributed by atoms with E-state index in [-0.39, 0.29) is 10.7 Å². The first-order valence-corrected chi connectivity index (χ1v) is 7.11. The second-order valence-electron chi connectivity index (χ2n) is 4.98. The molecule has 2 aromatic rings. The van der Waals surface area contributed by atoms with Crippen molar-refractivity contribution < 1.29 is 18.3 Å². The first kappa shape index (κ1) is 15.5. The highest BCUT2D eigenvalue weighted by molar-refractivity contribution is 6.31. The van der Waals surface area contributed by atoms with Crippen molar-refractivity contribution in [2.45, 2.75) is 12.5 Å². The van der Waals surface area contributed by atoms with Crippen molar-refractivity contribution in [1.82, 2.24) is 4.98 Å². The molecule has 3 rings (SSSR count). The summed E-state index contributed by atoms with van der Waals surface area (Å²) in [6.45, 7) is 0. The largest absolute Gasteiger partial charge is 0.481 e. The molecule has 1 aromatic heterocycles. The standard InChI is InChI=1S/C15H12ClF2N3O2/c1-23-15-7-4-13(20-11(7)2-3-19-15)14(22)21-12-5-8(16)9(17)6-10(12)18/h2-3,5-6,13,20H,4H2,1H3,(H,21,22). The van der Waals surface area contributed by atoms with Gasteiger partial charge < -0.3 is 15.4 Å². The molecule has 1 atom stereocenters. The highest BCUT2D eigenvalue weighted by atomic mass is 35.5. The molecule has 0 spiro atoms. The number of fused-ring (bicyclic) bond motifs is 1. The molecular formula is C15H12ClF2N3O2. The van der Waals surface area contributed by atoms with Crippen LogP contribution in [0.25, 0.3) is 0 Å². The van der Waals surface area contributed by atoms with Crippen molar-refractivity contribution in [2.75, 3.05) is 17.7 Å². The lowest BCUT2D eigenvalue weighted by Crippen LogP contribution is -2.33. The van der Waals surface area contributed by atoms with Gasteiger partial charge in [-0.3, -0.25) is 4.79 Å². The van der Waals surface area contributed by atoms with E-state index in [1.54, 1.807) is 12.3 Å². The first-order chi connectivity index (χ1) is 11.0. The van der Waals surface area contributed by atoms with Crippen LogP contribution in [0.3, 0.4) is 0 Å². The van der Waals surface area contributed by atoms with E-state index >= 15 is 0 Å². The summed E-state index contributed by atoms with van der Waals surface area (Å²) in [5, 5.41) is 5.15. The molecule has 1 aliphatic rings. The van der Waals surface area contributed by atoms with E-state index in [0.29, 0.717) is 18.4 Å². The molecule has 23 heavy (non-hydrogen) atoms. The molecule has 120 valence electrons. The molecule has 0 bridgehead atoms. The van der Waals surface area contributed by atoms with E-state index in [1.807, 2.05) is 0 Å². The number of carbonyl (C=O) groups excluding carboxylic acids is 1. The number of benzene rings is 1. The van der Waals surface area contributed by atoms with Gasteiger partial charge in [0.2, 0.25) is 11.8 Å². The minimum absolute atomic E-state index is 0.177. The molecule has 2 heterocycles. The number of pyridine rings is 1. The Morgan fingerprint density at radius 1 is 1.43 bits per heavy atom. The predicted molar refractivity (Wildman–Crippen MR) is 81.9 cm³/mol. The number of aromatic nitrogens is 1. The summed E-state index contributed by atoms with van der Waals surface area (Å²) in [7, 11) is 1.49. The highest BCUT2D eigenvalue weighted by Crippen LogP contribution is 2.32. The number of ether oxygens (including phenoxy) is 1. The third-order valence-electron chi connectivity index (χ3n) is 3.53. The lowest BCUT2D eigenvalue weighted by atomic mass is 10.1. The maximum absolute atomic E-state index is 13.7. The van der Waals surface area contributed by atoms with Crippen LogP contribution >= 0.6 is 11.6 Å². The van der Waals surface area contributed by atoms with Crippen LogP contribution in [0.5, 0.6) is 5.88 Å². The minimum Gasteiger partial charge on any atom is -0.481 e. The number of hydrogen-bond donors (Lipinski definition) is 2. The third-order valence-corrected chi connectivity index (χ3v) is 3.82. The molecule has 0 saturated carbocycles. The van der Waals surface area contributed by atoms with Crippen molar-refractivity contribution in [3.8, 4) is 5.88 Å². The van der Waals surface area contributed by atoms with Gasteiger partial charge in [-0.05, 0) is 12.1 Å². The zero-order valence-corrected chi connectivity index (χ0v) is 12.7. The van der Waals surface area contributed by atoms with Crippen molar-refractivity contribution in [1.29, 1.82) is 0 Å². The quantitative estimate of drug-likeness (QED) is 0.844. The lowest BCUT2D eigenvalue weighted by molar-refractivity contribution is -0.116. The summed E-state index contributed by atoms with van der Waals surface area (Å²) >= 11 is 5.61. The number of nitrogens with one attached hydrogen (secondary N) is 2. The second kappa shape index (κ2) is 6.00. The number of anilines is 2. The Balaban J connectivity index is 1.77. The van der Waals surface area contributed by atoms with Gasteiger partial charge in [-0.1, -0.05) is 11.6 Å². The van der Waals surface area contributed by atoms with Gasteiger partial charge in [0, 0.05) is 29.9 Å². The van der Waals surface area contributed by atoms with Crippen molar-refractivity contribution >= 4 is 28.9 Å². The molecule has 1 amide bonds. The minimum atomic E-state index is -0.894. The van der Waals surface area contributed by atoms with E-state index in [1.165, 1.54) is 7.11 Å². The van der Waals surface area contributed by atoms with Gasteiger partial charge in [0.1, 0.15) is 17.7 Å². The van der Waals surface area contributed by atoms with E-state index < -0.39 is 23.6 Å². The monoisotopic (exact) mass is 339 g/mol. The second-order valence-corrected chi connectivity index (χ2v) is 5.39. The number of hydrogen-bond acceptors (Lipinski definition) is 4. The Morgan fingerprint density at radius 2 is 2.22 bits per heavy atom. The molecule has 8 heteroatoms. The van der Waals surface area contributed by atoms with Crippen LogP contribution in [0.4, 0.5) is 20.2 Å². The normalized spacial score (nSPS) is 15.7. The number of amides is 1. The van der Waals surface area contributed by atoms with Gasteiger partial charge >= 0.3 is 0 Å². The first-order valence-electron chi connectivity index (χ1n) is 6.73. The molecule has 2 N–H and O–H groups in total. The van der Waals surface area contributed by atoms with Crippen LogP contribution in [0.2, 0.25) is 5.02 Å². The maximum Gasteiger partial charge on any atom is 0.247 e. The van der Waals surface area contributed by atoms with E-state index in [4.69, 9.17) is 16.3 Å². The van der Waals surface area contributed by atoms with Gasteiger partial charge in [0.05, 0.1) is 17.8 Å². The molecule has 1 aromatic carbocycles. The predicted octanol–water partition coefficient (Wildman–Crippen LogP) is 3.00. The SMILES string of the molecule is COc1nccc2c1CC(C(=O)Nc1cc(Cl)c(F)cc1F)N2. The average molecular weight is 340 g/mol. The number of carbonyl (C=O) groups is 1. The van der Waals surface area contributed by atoms with Crippen LogP contribution in [0.15, 0.2) is 24.4 Å². The molecule has 5 nitrogen and oxygen atoms in total. The zero-order chi connectivity index (χ0) is 16.6. The number of nitrogens with zero attached hydrogens (tertiary/aromatic N) is 1. The van der Waals surface area contributed by atoms with Gasteiger partial charge in [0.15, 0.2) is 0 Å². The molecule has 0 saturated heterocycles. The number of halogens is 3.